The summed E-state index contributed by atoms with van der Waals surface area (Å²) in [5, 5.41) is 9.15. The van der Waals surface area contributed by atoms with Crippen LogP contribution in [0.25, 0.3) is 0 Å². The Kier molecular flexibility index (Phi) is 2.64. The first-order chi connectivity index (χ1) is 7.02. The molecule has 0 aromatic rings. The predicted molar refractivity (Wildman–Crippen MR) is 59.8 cm³/mol. The number of nitrogens with two attached hydrogens (primary N) is 1. The zero-order valence-electron chi connectivity index (χ0n) is 8.17. The molecule has 2 fully saturated rings. The molecule has 0 aromatic heterocycles. The molecule has 0 radical (unpaired) electrons. The zero-order valence-corrected chi connectivity index (χ0v) is 9.81. The van der Waals surface area contributed by atoms with Crippen molar-refractivity contribution in [2.24, 2.45) is 5.73 Å². The number of aliphatic carboxylic acids is 1. The summed E-state index contributed by atoms with van der Waals surface area (Å²) in [6, 6.07) is -0.441. The van der Waals surface area contributed by atoms with E-state index in [-0.39, 0.29) is 17.8 Å². The Balaban J connectivity index is 2.15. The molecule has 3 N–H and O–H groups in total. The molecule has 0 spiro atoms. The molecule has 2 aliphatic heterocycles. The number of rotatable bonds is 2. The molecule has 2 heterocycles. The average Bonchev–Trinajstić information content (AvgIpc) is 2.26. The van der Waals surface area contributed by atoms with E-state index >= 15 is 0 Å². The Bertz CT molecular complexity index is 325. The monoisotopic (exact) mass is 248 g/mol. The molecular formula is C8H12N2O3S2. The van der Waals surface area contributed by atoms with Gasteiger partial charge in [-0.25, -0.2) is 0 Å². The molecule has 7 heteroatoms. The standard InChI is InChI=1S/C8H12N2O3S2/c1-14-8(7(12)13)2-10-5(11)4(9)6(10)15-3-8/h4,6H,2-3,9H2,1H3,(H,12,13)/t4?,6-,8?/m1/s1. The van der Waals surface area contributed by atoms with Gasteiger partial charge in [0.2, 0.25) is 5.91 Å². The van der Waals surface area contributed by atoms with Crippen LogP contribution in [0.1, 0.15) is 0 Å². The molecule has 2 unspecified atom stereocenters. The van der Waals surface area contributed by atoms with Crippen LogP contribution in [0.3, 0.4) is 0 Å². The first-order valence-corrected chi connectivity index (χ1v) is 6.75. The number of carboxylic acids is 1. The largest absolute Gasteiger partial charge is 0.480 e. The van der Waals surface area contributed by atoms with Crippen molar-refractivity contribution in [1.29, 1.82) is 0 Å². The highest BCUT2D eigenvalue weighted by molar-refractivity contribution is 8.04. The van der Waals surface area contributed by atoms with E-state index in [2.05, 4.69) is 0 Å². The Morgan fingerprint density at radius 3 is 3.00 bits per heavy atom. The second-order valence-corrected chi connectivity index (χ2v) is 5.99. The maximum absolute atomic E-state index is 11.4. The fourth-order valence-corrected chi connectivity index (χ4v) is 4.25. The van der Waals surface area contributed by atoms with Crippen LogP contribution in [0.4, 0.5) is 0 Å². The number of hydrogen-bond donors (Lipinski definition) is 2. The van der Waals surface area contributed by atoms with Gasteiger partial charge in [-0.15, -0.1) is 23.5 Å². The number of hydrogen-bond acceptors (Lipinski definition) is 5. The lowest BCUT2D eigenvalue weighted by atomic mass is 10.0. The van der Waals surface area contributed by atoms with Crippen LogP contribution in [0.15, 0.2) is 0 Å². The normalized spacial score (nSPS) is 39.6. The Morgan fingerprint density at radius 1 is 1.80 bits per heavy atom. The van der Waals surface area contributed by atoms with Crippen LogP contribution < -0.4 is 5.73 Å². The van der Waals surface area contributed by atoms with Gasteiger partial charge in [0.1, 0.15) is 16.2 Å². The highest BCUT2D eigenvalue weighted by atomic mass is 32.2. The Hall–Kier alpha value is -0.400. The van der Waals surface area contributed by atoms with E-state index < -0.39 is 16.8 Å². The second kappa shape index (κ2) is 3.57. The summed E-state index contributed by atoms with van der Waals surface area (Å²) in [6.45, 7) is 0.272. The average molecular weight is 248 g/mol. The van der Waals surface area contributed by atoms with Gasteiger partial charge in [0.15, 0.2) is 0 Å². The fourth-order valence-electron chi connectivity index (χ4n) is 1.79. The third-order valence-electron chi connectivity index (χ3n) is 2.88. The van der Waals surface area contributed by atoms with Crippen LogP contribution in [-0.2, 0) is 9.59 Å². The van der Waals surface area contributed by atoms with Crippen LogP contribution in [0.2, 0.25) is 0 Å². The van der Waals surface area contributed by atoms with Crippen molar-refractivity contribution in [2.75, 3.05) is 18.6 Å². The molecule has 1 amide bonds. The van der Waals surface area contributed by atoms with Gasteiger partial charge in [-0.05, 0) is 6.26 Å². The molecule has 5 nitrogen and oxygen atoms in total. The number of carbonyl (C=O) groups excluding carboxylic acids is 1. The summed E-state index contributed by atoms with van der Waals surface area (Å²) >= 11 is 2.75. The topological polar surface area (TPSA) is 83.6 Å². The minimum absolute atomic E-state index is 0.0166. The summed E-state index contributed by atoms with van der Waals surface area (Å²) in [4.78, 5) is 24.1. The van der Waals surface area contributed by atoms with E-state index in [0.717, 1.165) is 0 Å². The van der Waals surface area contributed by atoms with E-state index in [4.69, 9.17) is 10.8 Å². The number of fused-ring (bicyclic) bond motifs is 1. The van der Waals surface area contributed by atoms with Crippen molar-refractivity contribution < 1.29 is 14.7 Å². The van der Waals surface area contributed by atoms with E-state index in [1.807, 2.05) is 0 Å². The van der Waals surface area contributed by atoms with Crippen molar-refractivity contribution in [3.05, 3.63) is 0 Å². The van der Waals surface area contributed by atoms with Crippen molar-refractivity contribution in [3.63, 3.8) is 0 Å². The summed E-state index contributed by atoms with van der Waals surface area (Å²) in [7, 11) is 0. The van der Waals surface area contributed by atoms with E-state index in [1.54, 1.807) is 11.2 Å². The van der Waals surface area contributed by atoms with Crippen molar-refractivity contribution in [1.82, 2.24) is 4.90 Å². The quantitative estimate of drug-likeness (QED) is 0.636. The van der Waals surface area contributed by atoms with Crippen molar-refractivity contribution >= 4 is 35.4 Å². The second-order valence-electron chi connectivity index (χ2n) is 3.70. The van der Waals surface area contributed by atoms with E-state index in [0.29, 0.717) is 5.75 Å². The molecule has 0 saturated carbocycles. The van der Waals surface area contributed by atoms with E-state index in [1.165, 1.54) is 23.5 Å². The molecule has 0 bridgehead atoms. The summed E-state index contributed by atoms with van der Waals surface area (Å²) in [6.07, 6.45) is 1.76. The fraction of sp³-hybridized carbons (Fsp3) is 0.750. The molecule has 2 rings (SSSR count). The molecule has 0 aromatic carbocycles. The number of amides is 1. The minimum atomic E-state index is -0.864. The molecular weight excluding hydrogens is 236 g/mol. The lowest BCUT2D eigenvalue weighted by molar-refractivity contribution is -0.148. The van der Waals surface area contributed by atoms with Crippen LogP contribution in [-0.4, -0.2) is 56.6 Å². The third-order valence-corrected chi connectivity index (χ3v) is 5.84. The summed E-state index contributed by atoms with van der Waals surface area (Å²) in [5.74, 6) is -0.479. The highest BCUT2D eigenvalue weighted by Gasteiger charge is 2.55. The van der Waals surface area contributed by atoms with Crippen LogP contribution >= 0.6 is 23.5 Å². The molecule has 2 saturated heterocycles. The van der Waals surface area contributed by atoms with Gasteiger partial charge in [-0.2, -0.15) is 0 Å². The maximum atomic E-state index is 11.4. The maximum Gasteiger partial charge on any atom is 0.322 e. The SMILES string of the molecule is CSC1(C(=O)O)CS[C@@H]2C(N)C(=O)N2C1. The van der Waals surface area contributed by atoms with Gasteiger partial charge in [0.25, 0.3) is 0 Å². The first kappa shape index (κ1) is 11.1. The highest BCUT2D eigenvalue weighted by Crippen LogP contribution is 2.42. The number of β-lactam (4-membered cyclic amide) rings is 1. The van der Waals surface area contributed by atoms with Crippen LogP contribution in [0.5, 0.6) is 0 Å². The van der Waals surface area contributed by atoms with Crippen molar-refractivity contribution in [2.45, 2.75) is 16.2 Å². The molecule has 15 heavy (non-hydrogen) atoms. The molecule has 2 aliphatic rings. The molecule has 0 aliphatic carbocycles. The van der Waals surface area contributed by atoms with Crippen molar-refractivity contribution in [3.8, 4) is 0 Å². The summed E-state index contributed by atoms with van der Waals surface area (Å²) < 4.78 is -0.864. The third kappa shape index (κ3) is 1.44. The Morgan fingerprint density at radius 2 is 2.47 bits per heavy atom. The van der Waals surface area contributed by atoms with Gasteiger partial charge < -0.3 is 15.7 Å². The van der Waals surface area contributed by atoms with Gasteiger partial charge in [0.05, 0.1) is 0 Å². The first-order valence-electron chi connectivity index (χ1n) is 4.48. The number of carbonyl (C=O) groups is 2. The minimum Gasteiger partial charge on any atom is -0.480 e. The van der Waals surface area contributed by atoms with Gasteiger partial charge in [0, 0.05) is 12.3 Å². The number of thioether (sulfide) groups is 2. The number of carboxylic acid groups (broad SMARTS) is 1. The predicted octanol–water partition coefficient (Wildman–Crippen LogP) is -0.585. The lowest BCUT2D eigenvalue weighted by Gasteiger charge is -2.52. The molecule has 84 valence electrons. The lowest BCUT2D eigenvalue weighted by Crippen LogP contribution is -2.73. The van der Waals surface area contributed by atoms with Crippen LogP contribution in [0, 0.1) is 0 Å². The van der Waals surface area contributed by atoms with E-state index in [9.17, 15) is 9.59 Å². The van der Waals surface area contributed by atoms with Gasteiger partial charge in [-0.3, -0.25) is 9.59 Å². The Labute approximate surface area is 95.7 Å². The smallest absolute Gasteiger partial charge is 0.322 e. The zero-order chi connectivity index (χ0) is 11.2. The molecule has 3 atom stereocenters. The van der Waals surface area contributed by atoms with Gasteiger partial charge >= 0.3 is 5.97 Å². The number of nitrogens with zero attached hydrogens (tertiary/aromatic N) is 1. The summed E-state index contributed by atoms with van der Waals surface area (Å²) in [5.41, 5.74) is 5.62. The van der Waals surface area contributed by atoms with Gasteiger partial charge in [-0.1, -0.05) is 0 Å².